The Morgan fingerprint density at radius 2 is 1.93 bits per heavy atom. The third kappa shape index (κ3) is 4.65. The van der Waals surface area contributed by atoms with Crippen LogP contribution >= 0.6 is 11.8 Å². The number of rotatable bonds is 7. The van der Waals surface area contributed by atoms with E-state index in [1.54, 1.807) is 55.6 Å². The highest BCUT2D eigenvalue weighted by atomic mass is 32.2. The lowest BCUT2D eigenvalue weighted by Gasteiger charge is -2.07. The number of hydrogen-bond donors (Lipinski definition) is 1. The minimum absolute atomic E-state index is 0.114. The van der Waals surface area contributed by atoms with Crippen LogP contribution in [0.15, 0.2) is 53.7 Å². The van der Waals surface area contributed by atoms with Crippen molar-refractivity contribution in [1.29, 1.82) is 0 Å². The fraction of sp³-hybridized carbons (Fsp3) is 0.167. The van der Waals surface area contributed by atoms with Gasteiger partial charge in [-0.05, 0) is 52.9 Å². The van der Waals surface area contributed by atoms with Gasteiger partial charge < -0.3 is 14.8 Å². The number of ether oxygens (including phenoxy) is 2. The number of anilines is 1. The third-order valence-electron chi connectivity index (χ3n) is 3.66. The van der Waals surface area contributed by atoms with Crippen molar-refractivity contribution in [2.45, 2.75) is 5.16 Å². The summed E-state index contributed by atoms with van der Waals surface area (Å²) in [4.78, 5) is 23.9. The van der Waals surface area contributed by atoms with Gasteiger partial charge in [-0.3, -0.25) is 4.79 Å². The maximum atomic E-state index is 12.2. The quantitative estimate of drug-likeness (QED) is 0.476. The zero-order valence-corrected chi connectivity index (χ0v) is 16.0. The molecule has 0 atom stereocenters. The van der Waals surface area contributed by atoms with Gasteiger partial charge in [-0.25, -0.2) is 4.79 Å². The first-order valence-electron chi connectivity index (χ1n) is 8.14. The first-order valence-corrected chi connectivity index (χ1v) is 9.13. The maximum absolute atomic E-state index is 12.2. The molecule has 1 aromatic heterocycles. The number of tetrazole rings is 1. The smallest absolute Gasteiger partial charge is 0.337 e. The highest BCUT2D eigenvalue weighted by molar-refractivity contribution is 7.99. The normalized spacial score (nSPS) is 10.4. The molecule has 0 bridgehead atoms. The zero-order valence-electron chi connectivity index (χ0n) is 15.2. The molecule has 3 rings (SSSR count). The second-order valence-electron chi connectivity index (χ2n) is 5.48. The largest absolute Gasteiger partial charge is 0.497 e. The van der Waals surface area contributed by atoms with Crippen LogP contribution in [0.3, 0.4) is 0 Å². The number of carbonyl (C=O) groups excluding carboxylic acids is 2. The number of thioether (sulfide) groups is 1. The number of methoxy groups -OCH3 is 2. The lowest BCUT2D eigenvalue weighted by Crippen LogP contribution is -2.14. The first kappa shape index (κ1) is 19.4. The Hall–Kier alpha value is -3.40. The van der Waals surface area contributed by atoms with E-state index in [0.717, 1.165) is 0 Å². The monoisotopic (exact) mass is 399 g/mol. The molecule has 0 unspecified atom stereocenters. The average molecular weight is 399 g/mol. The molecule has 0 aliphatic rings. The van der Waals surface area contributed by atoms with Gasteiger partial charge >= 0.3 is 5.97 Å². The summed E-state index contributed by atoms with van der Waals surface area (Å²) in [5.74, 6) is 0.167. The molecule has 0 saturated carbocycles. The summed E-state index contributed by atoms with van der Waals surface area (Å²) < 4.78 is 11.3. The minimum atomic E-state index is -0.456. The molecule has 0 radical (unpaired) electrons. The molecule has 1 heterocycles. The van der Waals surface area contributed by atoms with E-state index in [0.29, 0.717) is 27.8 Å². The Morgan fingerprint density at radius 1 is 1.14 bits per heavy atom. The van der Waals surface area contributed by atoms with E-state index in [9.17, 15) is 9.59 Å². The molecule has 0 saturated heterocycles. The zero-order chi connectivity index (χ0) is 19.9. The lowest BCUT2D eigenvalue weighted by atomic mass is 10.2. The number of nitrogens with one attached hydrogen (secondary N) is 1. The summed E-state index contributed by atoms with van der Waals surface area (Å²) in [6.07, 6.45) is 0. The van der Waals surface area contributed by atoms with E-state index in [-0.39, 0.29) is 11.7 Å². The minimum Gasteiger partial charge on any atom is -0.497 e. The Balaban J connectivity index is 1.65. The standard InChI is InChI=1S/C18H17N5O4S/c1-26-15-8-6-13(7-9-15)19-16(24)11-28-18-20-21-22-23(18)14-5-3-4-12(10-14)17(25)27-2/h3-10H,11H2,1-2H3,(H,19,24). The van der Waals surface area contributed by atoms with Gasteiger partial charge in [0.15, 0.2) is 0 Å². The highest BCUT2D eigenvalue weighted by Gasteiger charge is 2.14. The first-order chi connectivity index (χ1) is 13.6. The van der Waals surface area contributed by atoms with Gasteiger partial charge in [0.05, 0.1) is 31.2 Å². The van der Waals surface area contributed by atoms with Gasteiger partial charge in [-0.2, -0.15) is 4.68 Å². The van der Waals surface area contributed by atoms with Crippen molar-refractivity contribution in [1.82, 2.24) is 20.2 Å². The lowest BCUT2D eigenvalue weighted by molar-refractivity contribution is -0.113. The van der Waals surface area contributed by atoms with Crippen molar-refractivity contribution < 1.29 is 19.1 Å². The van der Waals surface area contributed by atoms with Crippen LogP contribution in [-0.2, 0) is 9.53 Å². The molecule has 144 valence electrons. The summed E-state index contributed by atoms with van der Waals surface area (Å²) in [5, 5.41) is 14.7. The molecule has 10 heteroatoms. The maximum Gasteiger partial charge on any atom is 0.337 e. The third-order valence-corrected chi connectivity index (χ3v) is 4.58. The van der Waals surface area contributed by atoms with Crippen molar-refractivity contribution >= 4 is 29.3 Å². The SMILES string of the molecule is COC(=O)c1cccc(-n2nnnc2SCC(=O)Nc2ccc(OC)cc2)c1. The molecule has 0 fully saturated rings. The van der Waals surface area contributed by atoms with Gasteiger partial charge in [0.1, 0.15) is 5.75 Å². The number of nitrogens with zero attached hydrogens (tertiary/aromatic N) is 4. The van der Waals surface area contributed by atoms with E-state index in [1.165, 1.54) is 23.6 Å². The summed E-state index contributed by atoms with van der Waals surface area (Å²) in [6.45, 7) is 0. The summed E-state index contributed by atoms with van der Waals surface area (Å²) in [7, 11) is 2.89. The molecule has 1 N–H and O–H groups in total. The van der Waals surface area contributed by atoms with Crippen molar-refractivity contribution in [3.63, 3.8) is 0 Å². The van der Waals surface area contributed by atoms with Crippen LogP contribution in [0.1, 0.15) is 10.4 Å². The van der Waals surface area contributed by atoms with Crippen LogP contribution in [0.25, 0.3) is 5.69 Å². The van der Waals surface area contributed by atoms with Crippen LogP contribution in [0, 0.1) is 0 Å². The predicted octanol–water partition coefficient (Wildman–Crippen LogP) is 2.19. The molecule has 2 aromatic carbocycles. The van der Waals surface area contributed by atoms with Crippen LogP contribution in [0.2, 0.25) is 0 Å². The van der Waals surface area contributed by atoms with Gasteiger partial charge in [-0.1, -0.05) is 17.8 Å². The van der Waals surface area contributed by atoms with Gasteiger partial charge in [0.2, 0.25) is 11.1 Å². The van der Waals surface area contributed by atoms with Crippen LogP contribution in [0.5, 0.6) is 5.75 Å². The number of amides is 1. The molecule has 0 aliphatic carbocycles. The van der Waals surface area contributed by atoms with Crippen LogP contribution in [-0.4, -0.2) is 52.1 Å². The summed E-state index contributed by atoms with van der Waals surface area (Å²) in [6, 6.07) is 13.7. The van der Waals surface area contributed by atoms with E-state index in [2.05, 4.69) is 20.8 Å². The average Bonchev–Trinajstić information content (AvgIpc) is 3.21. The molecule has 3 aromatic rings. The van der Waals surface area contributed by atoms with Crippen molar-refractivity contribution in [3.05, 3.63) is 54.1 Å². The fourth-order valence-corrected chi connectivity index (χ4v) is 3.01. The highest BCUT2D eigenvalue weighted by Crippen LogP contribution is 2.20. The number of esters is 1. The van der Waals surface area contributed by atoms with E-state index in [4.69, 9.17) is 9.47 Å². The van der Waals surface area contributed by atoms with E-state index >= 15 is 0 Å². The van der Waals surface area contributed by atoms with Gasteiger partial charge in [0.25, 0.3) is 0 Å². The van der Waals surface area contributed by atoms with Crippen LogP contribution in [0.4, 0.5) is 5.69 Å². The van der Waals surface area contributed by atoms with E-state index in [1.807, 2.05) is 0 Å². The molecule has 1 amide bonds. The van der Waals surface area contributed by atoms with E-state index < -0.39 is 5.97 Å². The molecule has 9 nitrogen and oxygen atoms in total. The Bertz CT molecular complexity index is 974. The number of aromatic nitrogens is 4. The topological polar surface area (TPSA) is 108 Å². The number of carbonyl (C=O) groups is 2. The fourth-order valence-electron chi connectivity index (χ4n) is 2.31. The van der Waals surface area contributed by atoms with Crippen molar-refractivity contribution in [3.8, 4) is 11.4 Å². The number of hydrogen-bond acceptors (Lipinski definition) is 8. The van der Waals surface area contributed by atoms with Gasteiger partial charge in [-0.15, -0.1) is 5.10 Å². The molecule has 0 aliphatic heterocycles. The molecule has 28 heavy (non-hydrogen) atoms. The van der Waals surface area contributed by atoms with Crippen LogP contribution < -0.4 is 10.1 Å². The Kier molecular flexibility index (Phi) is 6.22. The Morgan fingerprint density at radius 3 is 2.64 bits per heavy atom. The molecular weight excluding hydrogens is 382 g/mol. The van der Waals surface area contributed by atoms with Gasteiger partial charge in [0, 0.05) is 5.69 Å². The predicted molar refractivity (Wildman–Crippen MR) is 103 cm³/mol. The van der Waals surface area contributed by atoms with Crippen molar-refractivity contribution in [2.75, 3.05) is 25.3 Å². The second kappa shape index (κ2) is 9.00. The number of benzene rings is 2. The molecule has 0 spiro atoms. The summed E-state index contributed by atoms with van der Waals surface area (Å²) in [5.41, 5.74) is 1.63. The summed E-state index contributed by atoms with van der Waals surface area (Å²) >= 11 is 1.18. The van der Waals surface area contributed by atoms with Crippen molar-refractivity contribution in [2.24, 2.45) is 0 Å². The Labute approximate surface area is 165 Å². The molecular formula is C18H17N5O4S. The second-order valence-corrected chi connectivity index (χ2v) is 6.42.